The Bertz CT molecular complexity index is 444. The number of anilines is 1. The maximum atomic E-state index is 12.4. The average molecular weight is 270 g/mol. The molecule has 0 unspecified atom stereocenters. The summed E-state index contributed by atoms with van der Waals surface area (Å²) in [5.74, 6) is -0.164. The van der Waals surface area contributed by atoms with Crippen LogP contribution in [0.5, 0.6) is 0 Å². The van der Waals surface area contributed by atoms with E-state index in [4.69, 9.17) is 11.6 Å². The zero-order valence-corrected chi connectivity index (χ0v) is 9.93. The molecule has 96 valence electrons. The number of hydrogen-bond acceptors (Lipinski definition) is 3. The van der Waals surface area contributed by atoms with Gasteiger partial charge >= 0.3 is 6.18 Å². The molecule has 0 radical (unpaired) electrons. The zero-order chi connectivity index (χ0) is 13.2. The Hall–Kier alpha value is -1.24. The quantitative estimate of drug-likeness (QED) is 0.915. The summed E-state index contributed by atoms with van der Waals surface area (Å²) < 4.78 is 37.2. The third-order valence-electron chi connectivity index (χ3n) is 2.02. The van der Waals surface area contributed by atoms with Crippen LogP contribution in [0.3, 0.4) is 0 Å². The minimum absolute atomic E-state index is 0.164. The molecule has 0 saturated carbocycles. The highest BCUT2D eigenvalue weighted by Gasteiger charge is 2.33. The maximum Gasteiger partial charge on any atom is 0.405 e. The summed E-state index contributed by atoms with van der Waals surface area (Å²) in [6.07, 6.45) is -3.37. The van der Waals surface area contributed by atoms with Crippen LogP contribution < -0.4 is 10.5 Å². The summed E-state index contributed by atoms with van der Waals surface area (Å²) in [6.45, 7) is 1.91. The molecule has 1 N–H and O–H groups in total. The van der Waals surface area contributed by atoms with Gasteiger partial charge in [-0.25, -0.2) is 4.98 Å². The fourth-order valence-electron chi connectivity index (χ4n) is 1.27. The van der Waals surface area contributed by atoms with Crippen molar-refractivity contribution in [3.05, 3.63) is 21.7 Å². The molecular weight excluding hydrogens is 259 g/mol. The van der Waals surface area contributed by atoms with Gasteiger partial charge in [-0.3, -0.25) is 4.79 Å². The second-order valence-electron chi connectivity index (χ2n) is 3.71. The highest BCUT2D eigenvalue weighted by Crippen LogP contribution is 2.25. The summed E-state index contributed by atoms with van der Waals surface area (Å²) in [5, 5.41) is -0.342. The highest BCUT2D eigenvalue weighted by molar-refractivity contribution is 6.32. The third kappa shape index (κ3) is 3.62. The second-order valence-corrected chi connectivity index (χ2v) is 4.08. The van der Waals surface area contributed by atoms with Crippen molar-refractivity contribution in [2.24, 2.45) is 0 Å². The lowest BCUT2D eigenvalue weighted by molar-refractivity contribution is -0.120. The van der Waals surface area contributed by atoms with Crippen molar-refractivity contribution >= 4 is 17.4 Å². The van der Waals surface area contributed by atoms with Gasteiger partial charge in [0.05, 0.1) is 6.33 Å². The number of nitrogens with zero attached hydrogens (tertiary/aromatic N) is 2. The number of aromatic nitrogens is 2. The molecule has 0 saturated heterocycles. The maximum absolute atomic E-state index is 12.4. The number of H-pyrrole nitrogens is 1. The SMILES string of the molecule is CC(C)N(CC(F)(F)F)c1nc[nH]c(=O)c1Cl. The molecule has 0 bridgehead atoms. The van der Waals surface area contributed by atoms with Crippen molar-refractivity contribution in [1.82, 2.24) is 9.97 Å². The predicted octanol–water partition coefficient (Wildman–Crippen LogP) is 2.20. The van der Waals surface area contributed by atoms with Crippen LogP contribution in [0, 0.1) is 0 Å². The van der Waals surface area contributed by atoms with Crippen LogP contribution in [0.4, 0.5) is 19.0 Å². The van der Waals surface area contributed by atoms with E-state index < -0.39 is 24.3 Å². The fourth-order valence-corrected chi connectivity index (χ4v) is 1.48. The number of halogens is 4. The molecule has 8 heteroatoms. The number of alkyl halides is 3. The molecule has 0 spiro atoms. The van der Waals surface area contributed by atoms with Gasteiger partial charge in [-0.15, -0.1) is 0 Å². The molecule has 0 aromatic carbocycles. The second kappa shape index (κ2) is 4.95. The minimum atomic E-state index is -4.39. The Kier molecular flexibility index (Phi) is 4.03. The summed E-state index contributed by atoms with van der Waals surface area (Å²) in [4.78, 5) is 18.0. The molecule has 1 aromatic rings. The first-order valence-corrected chi connectivity index (χ1v) is 5.16. The molecule has 0 aliphatic heterocycles. The van der Waals surface area contributed by atoms with Gasteiger partial charge in [0, 0.05) is 6.04 Å². The van der Waals surface area contributed by atoms with Crippen LogP contribution in [-0.4, -0.2) is 28.7 Å². The number of hydrogen-bond donors (Lipinski definition) is 1. The van der Waals surface area contributed by atoms with Gasteiger partial charge < -0.3 is 9.88 Å². The Balaban J connectivity index is 3.15. The van der Waals surface area contributed by atoms with Gasteiger partial charge in [-0.05, 0) is 13.8 Å². The van der Waals surface area contributed by atoms with Crippen LogP contribution in [-0.2, 0) is 0 Å². The summed E-state index contributed by atoms with van der Waals surface area (Å²) in [6, 6.07) is -0.483. The Morgan fingerprint density at radius 3 is 2.59 bits per heavy atom. The summed E-state index contributed by atoms with van der Waals surface area (Å²) in [5.41, 5.74) is -0.663. The van der Waals surface area contributed by atoms with Gasteiger partial charge in [0.1, 0.15) is 11.6 Å². The summed E-state index contributed by atoms with van der Waals surface area (Å²) >= 11 is 5.65. The normalized spacial score (nSPS) is 11.9. The van der Waals surface area contributed by atoms with Crippen LogP contribution in [0.15, 0.2) is 11.1 Å². The van der Waals surface area contributed by atoms with Gasteiger partial charge in [-0.1, -0.05) is 11.6 Å². The van der Waals surface area contributed by atoms with Crippen molar-refractivity contribution in [1.29, 1.82) is 0 Å². The smallest absolute Gasteiger partial charge is 0.344 e. The van der Waals surface area contributed by atoms with Gasteiger partial charge in [0.15, 0.2) is 5.82 Å². The summed E-state index contributed by atoms with van der Waals surface area (Å²) in [7, 11) is 0. The fraction of sp³-hybridized carbons (Fsp3) is 0.556. The molecule has 17 heavy (non-hydrogen) atoms. The van der Waals surface area contributed by atoms with E-state index in [1.165, 1.54) is 0 Å². The van der Waals surface area contributed by atoms with E-state index in [2.05, 4.69) is 9.97 Å². The first-order valence-electron chi connectivity index (χ1n) is 4.79. The molecule has 0 amide bonds. The van der Waals surface area contributed by atoms with Crippen LogP contribution in [0.1, 0.15) is 13.8 Å². The Morgan fingerprint density at radius 1 is 1.53 bits per heavy atom. The molecule has 4 nitrogen and oxygen atoms in total. The molecule has 1 heterocycles. The first kappa shape index (κ1) is 13.8. The Morgan fingerprint density at radius 2 is 2.12 bits per heavy atom. The Labute approximate surface area is 100 Å². The lowest BCUT2D eigenvalue weighted by Gasteiger charge is -2.28. The molecule has 0 aliphatic rings. The monoisotopic (exact) mass is 269 g/mol. The topological polar surface area (TPSA) is 49.0 Å². The molecule has 0 aliphatic carbocycles. The van der Waals surface area contributed by atoms with E-state index in [9.17, 15) is 18.0 Å². The van der Waals surface area contributed by atoms with E-state index >= 15 is 0 Å². The van der Waals surface area contributed by atoms with E-state index in [0.29, 0.717) is 0 Å². The standard InChI is InChI=1S/C9H11ClF3N3O/c1-5(2)16(3-9(11,12)13)7-6(10)8(17)15-4-14-7/h4-5H,3H2,1-2H3,(H,14,15,17). The number of aromatic amines is 1. The minimum Gasteiger partial charge on any atom is -0.344 e. The van der Waals surface area contributed by atoms with E-state index in [1.807, 2.05) is 0 Å². The van der Waals surface area contributed by atoms with Crippen molar-refractivity contribution in [3.63, 3.8) is 0 Å². The van der Waals surface area contributed by atoms with Crippen molar-refractivity contribution in [3.8, 4) is 0 Å². The van der Waals surface area contributed by atoms with E-state index in [-0.39, 0.29) is 10.8 Å². The van der Waals surface area contributed by atoms with Gasteiger partial charge in [-0.2, -0.15) is 13.2 Å². The first-order chi connectivity index (χ1) is 7.72. The van der Waals surface area contributed by atoms with E-state index in [1.54, 1.807) is 13.8 Å². The molecule has 1 aromatic heterocycles. The van der Waals surface area contributed by atoms with Gasteiger partial charge in [0.2, 0.25) is 0 Å². The van der Waals surface area contributed by atoms with Crippen molar-refractivity contribution in [2.45, 2.75) is 26.1 Å². The zero-order valence-electron chi connectivity index (χ0n) is 9.18. The predicted molar refractivity (Wildman–Crippen MR) is 58.4 cm³/mol. The van der Waals surface area contributed by atoms with Gasteiger partial charge in [0.25, 0.3) is 5.56 Å². The number of nitrogens with one attached hydrogen (secondary N) is 1. The van der Waals surface area contributed by atoms with Crippen molar-refractivity contribution in [2.75, 3.05) is 11.4 Å². The third-order valence-corrected chi connectivity index (χ3v) is 2.36. The largest absolute Gasteiger partial charge is 0.405 e. The molecule has 1 rings (SSSR count). The van der Waals surface area contributed by atoms with Crippen LogP contribution in [0.2, 0.25) is 5.02 Å². The molecular formula is C9H11ClF3N3O. The lowest BCUT2D eigenvalue weighted by atomic mass is 10.3. The van der Waals surface area contributed by atoms with E-state index in [0.717, 1.165) is 11.2 Å². The van der Waals surface area contributed by atoms with Crippen LogP contribution in [0.25, 0.3) is 0 Å². The molecule has 0 fully saturated rings. The number of rotatable bonds is 3. The molecule has 0 atom stereocenters. The average Bonchev–Trinajstić information content (AvgIpc) is 2.17. The lowest BCUT2D eigenvalue weighted by Crippen LogP contribution is -2.40. The van der Waals surface area contributed by atoms with Crippen molar-refractivity contribution < 1.29 is 13.2 Å². The highest BCUT2D eigenvalue weighted by atomic mass is 35.5. The van der Waals surface area contributed by atoms with Crippen LogP contribution >= 0.6 is 11.6 Å².